The molecule has 2 rings (SSSR count). The Morgan fingerprint density at radius 1 is 1.35 bits per heavy atom. The molecule has 3 heteroatoms. The van der Waals surface area contributed by atoms with Crippen molar-refractivity contribution in [3.63, 3.8) is 0 Å². The second-order valence-corrected chi connectivity index (χ2v) is 6.70. The van der Waals surface area contributed by atoms with Crippen LogP contribution in [0.4, 0.5) is 0 Å². The predicted octanol–water partition coefficient (Wildman–Crippen LogP) is 1.73. The fourth-order valence-electron chi connectivity index (χ4n) is 2.84. The van der Waals surface area contributed by atoms with E-state index in [4.69, 9.17) is 4.74 Å². The summed E-state index contributed by atoms with van der Waals surface area (Å²) < 4.78 is 5.90. The number of morpholine rings is 1. The maximum Gasteiger partial charge on any atom is 0.0750 e. The van der Waals surface area contributed by atoms with E-state index in [9.17, 15) is 0 Å². The molecule has 0 radical (unpaired) electrons. The normalized spacial score (nSPS) is 32.6. The fraction of sp³-hybridized carbons (Fsp3) is 1.00. The Hall–Kier alpha value is -0.120. The van der Waals surface area contributed by atoms with E-state index in [1.807, 2.05) is 0 Å². The van der Waals surface area contributed by atoms with Gasteiger partial charge in [-0.1, -0.05) is 20.8 Å². The van der Waals surface area contributed by atoms with Gasteiger partial charge in [-0.05, 0) is 37.3 Å². The molecule has 2 aliphatic rings. The Morgan fingerprint density at radius 3 is 2.82 bits per heavy atom. The van der Waals surface area contributed by atoms with Gasteiger partial charge in [-0.25, -0.2) is 0 Å². The SMILES string of the molecule is CC(C)(C)C1CN(CC2CCCNC2)CCO1. The molecule has 1 N–H and O–H groups in total. The lowest BCUT2D eigenvalue weighted by atomic mass is 9.87. The van der Waals surface area contributed by atoms with E-state index in [0.717, 1.165) is 25.6 Å². The molecule has 0 saturated carbocycles. The maximum atomic E-state index is 5.90. The number of piperidine rings is 1. The minimum absolute atomic E-state index is 0.267. The van der Waals surface area contributed by atoms with Crippen molar-refractivity contribution in [3.05, 3.63) is 0 Å². The van der Waals surface area contributed by atoms with Gasteiger partial charge < -0.3 is 10.1 Å². The van der Waals surface area contributed by atoms with Crippen LogP contribution in [0.5, 0.6) is 0 Å². The Labute approximate surface area is 106 Å². The highest BCUT2D eigenvalue weighted by Gasteiger charge is 2.31. The van der Waals surface area contributed by atoms with Crippen LogP contribution >= 0.6 is 0 Å². The Balaban J connectivity index is 1.80. The molecule has 0 aliphatic carbocycles. The van der Waals surface area contributed by atoms with E-state index < -0.39 is 0 Å². The molecule has 0 aromatic carbocycles. The van der Waals surface area contributed by atoms with Gasteiger partial charge in [-0.15, -0.1) is 0 Å². The van der Waals surface area contributed by atoms with Gasteiger partial charge in [-0.2, -0.15) is 0 Å². The molecule has 100 valence electrons. The largest absolute Gasteiger partial charge is 0.375 e. The molecule has 3 nitrogen and oxygen atoms in total. The summed E-state index contributed by atoms with van der Waals surface area (Å²) in [5, 5.41) is 3.51. The lowest BCUT2D eigenvalue weighted by Crippen LogP contribution is -2.50. The zero-order valence-electron chi connectivity index (χ0n) is 11.7. The molecule has 2 heterocycles. The number of hydrogen-bond acceptors (Lipinski definition) is 3. The monoisotopic (exact) mass is 240 g/mol. The summed E-state index contributed by atoms with van der Waals surface area (Å²) in [5.74, 6) is 0.850. The number of rotatable bonds is 2. The third kappa shape index (κ3) is 3.94. The topological polar surface area (TPSA) is 24.5 Å². The van der Waals surface area contributed by atoms with E-state index in [0.29, 0.717) is 6.10 Å². The highest BCUT2D eigenvalue weighted by molar-refractivity contribution is 4.83. The Bertz CT molecular complexity index is 231. The summed E-state index contributed by atoms with van der Waals surface area (Å²) in [7, 11) is 0. The van der Waals surface area contributed by atoms with E-state index in [1.54, 1.807) is 0 Å². The lowest BCUT2D eigenvalue weighted by Gasteiger charge is -2.41. The highest BCUT2D eigenvalue weighted by Crippen LogP contribution is 2.26. The molecule has 2 fully saturated rings. The van der Waals surface area contributed by atoms with E-state index in [1.165, 1.54) is 32.5 Å². The minimum Gasteiger partial charge on any atom is -0.375 e. The van der Waals surface area contributed by atoms with Crippen LogP contribution in [0, 0.1) is 11.3 Å². The Kier molecular flexibility index (Phi) is 4.45. The average Bonchev–Trinajstić information content (AvgIpc) is 2.29. The molecule has 0 bridgehead atoms. The number of nitrogens with zero attached hydrogens (tertiary/aromatic N) is 1. The maximum absolute atomic E-state index is 5.90. The van der Waals surface area contributed by atoms with Crippen LogP contribution in [-0.2, 0) is 4.74 Å². The van der Waals surface area contributed by atoms with E-state index in [2.05, 4.69) is 31.0 Å². The molecule has 2 unspecified atom stereocenters. The smallest absolute Gasteiger partial charge is 0.0750 e. The minimum atomic E-state index is 0.267. The standard InChI is InChI=1S/C14H28N2O/c1-14(2,3)13-11-16(7-8-17-13)10-12-5-4-6-15-9-12/h12-13,15H,4-11H2,1-3H3. The van der Waals surface area contributed by atoms with Gasteiger partial charge in [0.15, 0.2) is 0 Å². The van der Waals surface area contributed by atoms with Gasteiger partial charge in [0.25, 0.3) is 0 Å². The van der Waals surface area contributed by atoms with Crippen molar-refractivity contribution in [2.24, 2.45) is 11.3 Å². The summed E-state index contributed by atoms with van der Waals surface area (Å²) in [6, 6.07) is 0. The van der Waals surface area contributed by atoms with Crippen LogP contribution in [0.3, 0.4) is 0 Å². The third-order valence-corrected chi connectivity index (χ3v) is 4.03. The van der Waals surface area contributed by atoms with Gasteiger partial charge in [0, 0.05) is 19.6 Å². The molecular formula is C14H28N2O. The molecular weight excluding hydrogens is 212 g/mol. The van der Waals surface area contributed by atoms with Crippen molar-refractivity contribution in [1.29, 1.82) is 0 Å². The van der Waals surface area contributed by atoms with Crippen molar-refractivity contribution in [1.82, 2.24) is 10.2 Å². The first-order chi connectivity index (χ1) is 8.05. The second-order valence-electron chi connectivity index (χ2n) is 6.70. The molecule has 2 saturated heterocycles. The summed E-state index contributed by atoms with van der Waals surface area (Å²) in [5.41, 5.74) is 0.267. The molecule has 17 heavy (non-hydrogen) atoms. The van der Waals surface area contributed by atoms with Gasteiger partial charge in [0.2, 0.25) is 0 Å². The molecule has 2 atom stereocenters. The summed E-state index contributed by atoms with van der Waals surface area (Å²) in [6.07, 6.45) is 3.13. The first-order valence-electron chi connectivity index (χ1n) is 7.10. The lowest BCUT2D eigenvalue weighted by molar-refractivity contribution is -0.0827. The first-order valence-corrected chi connectivity index (χ1v) is 7.10. The number of ether oxygens (including phenoxy) is 1. The van der Waals surface area contributed by atoms with Gasteiger partial charge in [0.1, 0.15) is 0 Å². The van der Waals surface area contributed by atoms with E-state index >= 15 is 0 Å². The molecule has 0 aromatic heterocycles. The van der Waals surface area contributed by atoms with E-state index in [-0.39, 0.29) is 5.41 Å². The zero-order chi connectivity index (χ0) is 12.3. The van der Waals surface area contributed by atoms with Crippen LogP contribution in [0.2, 0.25) is 0 Å². The Morgan fingerprint density at radius 2 is 2.18 bits per heavy atom. The molecule has 0 spiro atoms. The van der Waals surface area contributed by atoms with Gasteiger partial charge in [0.05, 0.1) is 12.7 Å². The van der Waals surface area contributed by atoms with Crippen molar-refractivity contribution in [3.8, 4) is 0 Å². The summed E-state index contributed by atoms with van der Waals surface area (Å²) in [6.45, 7) is 13.6. The van der Waals surface area contributed by atoms with Crippen LogP contribution in [0.15, 0.2) is 0 Å². The molecule has 0 amide bonds. The molecule has 2 aliphatic heterocycles. The first kappa shape index (κ1) is 13.3. The predicted molar refractivity (Wildman–Crippen MR) is 71.2 cm³/mol. The highest BCUT2D eigenvalue weighted by atomic mass is 16.5. The van der Waals surface area contributed by atoms with Crippen LogP contribution in [0.25, 0.3) is 0 Å². The third-order valence-electron chi connectivity index (χ3n) is 4.03. The number of nitrogens with one attached hydrogen (secondary N) is 1. The van der Waals surface area contributed by atoms with Crippen molar-refractivity contribution in [2.75, 3.05) is 39.3 Å². The van der Waals surface area contributed by atoms with Gasteiger partial charge in [-0.3, -0.25) is 4.90 Å². The summed E-state index contributed by atoms with van der Waals surface area (Å²) in [4.78, 5) is 2.61. The summed E-state index contributed by atoms with van der Waals surface area (Å²) >= 11 is 0. The van der Waals surface area contributed by atoms with Crippen LogP contribution in [-0.4, -0.2) is 50.3 Å². The average molecular weight is 240 g/mol. The quantitative estimate of drug-likeness (QED) is 0.795. The van der Waals surface area contributed by atoms with Crippen molar-refractivity contribution in [2.45, 2.75) is 39.7 Å². The van der Waals surface area contributed by atoms with Crippen LogP contribution < -0.4 is 5.32 Å². The second kappa shape index (κ2) is 5.68. The van der Waals surface area contributed by atoms with Crippen molar-refractivity contribution >= 4 is 0 Å². The van der Waals surface area contributed by atoms with Gasteiger partial charge >= 0.3 is 0 Å². The molecule has 0 aromatic rings. The van der Waals surface area contributed by atoms with Crippen LogP contribution in [0.1, 0.15) is 33.6 Å². The zero-order valence-corrected chi connectivity index (χ0v) is 11.7. The fourth-order valence-corrected chi connectivity index (χ4v) is 2.84. The number of hydrogen-bond donors (Lipinski definition) is 1. The van der Waals surface area contributed by atoms with Crippen molar-refractivity contribution < 1.29 is 4.74 Å².